The van der Waals surface area contributed by atoms with Gasteiger partial charge in [0.05, 0.1) is 6.20 Å². The number of carbonyl (C=O) groups is 2. The van der Waals surface area contributed by atoms with E-state index < -0.39 is 11.4 Å². The minimum Gasteiger partial charge on any atom is -0.445 e. The monoisotopic (exact) mass is 524 g/mol. The number of hydrogen-bond donors (Lipinski definition) is 1. The van der Waals surface area contributed by atoms with E-state index in [1.807, 2.05) is 51.1 Å². The summed E-state index contributed by atoms with van der Waals surface area (Å²) in [4.78, 5) is 32.5. The number of halogens is 1. The molecule has 10 heteroatoms. The van der Waals surface area contributed by atoms with Gasteiger partial charge >= 0.3 is 12.1 Å². The van der Waals surface area contributed by atoms with E-state index in [9.17, 15) is 14.0 Å². The van der Waals surface area contributed by atoms with Crippen LogP contribution in [0.3, 0.4) is 0 Å². The van der Waals surface area contributed by atoms with Gasteiger partial charge in [-0.3, -0.25) is 10.2 Å². The van der Waals surface area contributed by atoms with Gasteiger partial charge in [-0.15, -0.1) is 0 Å². The van der Waals surface area contributed by atoms with Crippen LogP contribution in [0.1, 0.15) is 32.8 Å². The molecule has 1 N–H and O–H groups in total. The van der Waals surface area contributed by atoms with Crippen molar-refractivity contribution in [2.45, 2.75) is 32.8 Å². The van der Waals surface area contributed by atoms with Crippen molar-refractivity contribution in [3.8, 4) is 10.8 Å². The number of nitrogens with zero attached hydrogens (tertiary/aromatic N) is 3. The van der Waals surface area contributed by atoms with Crippen molar-refractivity contribution in [3.05, 3.63) is 72.2 Å². The molecule has 0 atom stereocenters. The second-order valence-electron chi connectivity index (χ2n) is 9.49. The zero-order chi connectivity index (χ0) is 26.6. The lowest BCUT2D eigenvalue weighted by Crippen LogP contribution is -2.39. The van der Waals surface area contributed by atoms with E-state index in [-0.39, 0.29) is 12.1 Å². The summed E-state index contributed by atoms with van der Waals surface area (Å²) in [7, 11) is 1.67. The van der Waals surface area contributed by atoms with Crippen molar-refractivity contribution in [2.75, 3.05) is 30.4 Å². The van der Waals surface area contributed by atoms with Gasteiger partial charge < -0.3 is 14.4 Å². The molecule has 1 aliphatic heterocycles. The first-order valence-corrected chi connectivity index (χ1v) is 12.6. The zero-order valence-electron chi connectivity index (χ0n) is 21.2. The van der Waals surface area contributed by atoms with Crippen LogP contribution in [0.15, 0.2) is 60.8 Å². The van der Waals surface area contributed by atoms with Crippen molar-refractivity contribution in [2.24, 2.45) is 0 Å². The van der Waals surface area contributed by atoms with Crippen LogP contribution < -0.4 is 15.0 Å². The zero-order valence-corrected chi connectivity index (χ0v) is 22.0. The summed E-state index contributed by atoms with van der Waals surface area (Å²) >= 11 is 1.14. The Hall–Kier alpha value is -3.92. The minimum atomic E-state index is -0.533. The fourth-order valence-corrected chi connectivity index (χ4v) is 4.32. The molecule has 0 fully saturated rings. The Labute approximate surface area is 219 Å². The number of anilines is 2. The van der Waals surface area contributed by atoms with Gasteiger partial charge in [0.15, 0.2) is 5.13 Å². The molecule has 4 rings (SSSR count). The number of carbonyl (C=O) groups excluding carboxylic acids is 2. The van der Waals surface area contributed by atoms with Gasteiger partial charge in [0, 0.05) is 31.9 Å². The molecule has 2 heterocycles. The smallest absolute Gasteiger partial charge is 0.410 e. The Morgan fingerprint density at radius 2 is 1.95 bits per heavy atom. The minimum absolute atomic E-state index is 0.320. The second-order valence-corrected chi connectivity index (χ2v) is 10.5. The van der Waals surface area contributed by atoms with Crippen molar-refractivity contribution in [3.63, 3.8) is 0 Å². The molecule has 37 heavy (non-hydrogen) atoms. The highest BCUT2D eigenvalue weighted by atomic mass is 32.1. The molecule has 0 bridgehead atoms. The normalized spacial score (nSPS) is 13.5. The molecule has 3 amide bonds. The lowest BCUT2D eigenvalue weighted by atomic mass is 9.99. The first-order valence-electron chi connectivity index (χ1n) is 11.8. The van der Waals surface area contributed by atoms with E-state index in [2.05, 4.69) is 10.3 Å². The lowest BCUT2D eigenvalue weighted by molar-refractivity contribution is 0.0270. The maximum atomic E-state index is 13.4. The molecule has 0 spiro atoms. The predicted molar refractivity (Wildman–Crippen MR) is 143 cm³/mol. The molecule has 8 nitrogen and oxygen atoms in total. The van der Waals surface area contributed by atoms with Gasteiger partial charge in [-0.1, -0.05) is 35.6 Å². The van der Waals surface area contributed by atoms with Crippen LogP contribution in [0, 0.1) is 5.82 Å². The van der Waals surface area contributed by atoms with Crippen LogP contribution in [-0.2, 0) is 4.74 Å². The van der Waals surface area contributed by atoms with Gasteiger partial charge in [-0.05, 0) is 62.6 Å². The average Bonchev–Trinajstić information content (AvgIpc) is 3.29. The third-order valence-corrected chi connectivity index (χ3v) is 6.27. The Morgan fingerprint density at radius 3 is 2.65 bits per heavy atom. The molecule has 0 saturated heterocycles. The number of thiazole rings is 1. The third kappa shape index (κ3) is 7.07. The first-order chi connectivity index (χ1) is 17.6. The number of aromatic nitrogens is 1. The van der Waals surface area contributed by atoms with Crippen molar-refractivity contribution in [1.29, 1.82) is 0 Å². The topological polar surface area (TPSA) is 84.0 Å². The highest BCUT2D eigenvalue weighted by molar-refractivity contribution is 7.17. The summed E-state index contributed by atoms with van der Waals surface area (Å²) in [6, 6.07) is 13.1. The second kappa shape index (κ2) is 11.0. The van der Waals surface area contributed by atoms with E-state index in [1.54, 1.807) is 24.1 Å². The summed E-state index contributed by atoms with van der Waals surface area (Å²) < 4.78 is 24.4. The van der Waals surface area contributed by atoms with Gasteiger partial charge in [0.2, 0.25) is 5.06 Å². The van der Waals surface area contributed by atoms with Crippen molar-refractivity contribution < 1.29 is 23.5 Å². The van der Waals surface area contributed by atoms with E-state index in [0.29, 0.717) is 41.1 Å². The molecule has 2 aromatic carbocycles. The number of benzene rings is 2. The number of ether oxygens (including phenoxy) is 2. The van der Waals surface area contributed by atoms with E-state index in [4.69, 9.17) is 9.47 Å². The number of urea groups is 1. The highest BCUT2D eigenvalue weighted by Crippen LogP contribution is 2.31. The van der Waals surface area contributed by atoms with Crippen LogP contribution in [0.25, 0.3) is 5.57 Å². The van der Waals surface area contributed by atoms with Gasteiger partial charge in [-0.2, -0.15) is 0 Å². The summed E-state index contributed by atoms with van der Waals surface area (Å²) in [6.45, 7) is 6.58. The summed E-state index contributed by atoms with van der Waals surface area (Å²) in [5.74, 6) is -0.0505. The van der Waals surface area contributed by atoms with Crippen LogP contribution in [0.5, 0.6) is 10.8 Å². The maximum Gasteiger partial charge on any atom is 0.410 e. The third-order valence-electron chi connectivity index (χ3n) is 5.48. The summed E-state index contributed by atoms with van der Waals surface area (Å²) in [5.41, 5.74) is 2.27. The molecule has 194 valence electrons. The van der Waals surface area contributed by atoms with Crippen LogP contribution in [0.2, 0.25) is 0 Å². The molecule has 1 aliphatic rings. The largest absolute Gasteiger partial charge is 0.445 e. The van der Waals surface area contributed by atoms with Crippen molar-refractivity contribution in [1.82, 2.24) is 9.88 Å². The van der Waals surface area contributed by atoms with Gasteiger partial charge in [0.25, 0.3) is 0 Å². The molecule has 0 saturated carbocycles. The van der Waals surface area contributed by atoms with Crippen LogP contribution in [0.4, 0.5) is 24.8 Å². The predicted octanol–water partition coefficient (Wildman–Crippen LogP) is 6.77. The fourth-order valence-electron chi connectivity index (χ4n) is 3.64. The molecule has 1 aromatic heterocycles. The molecular formula is C27H29FN4O4S. The van der Waals surface area contributed by atoms with Gasteiger partial charge in [-0.25, -0.2) is 19.0 Å². The number of amides is 3. The molecule has 0 radical (unpaired) electrons. The number of rotatable bonds is 5. The van der Waals surface area contributed by atoms with Crippen LogP contribution in [-0.4, -0.2) is 47.7 Å². The maximum absolute atomic E-state index is 13.4. The van der Waals surface area contributed by atoms with Crippen LogP contribution >= 0.6 is 11.3 Å². The van der Waals surface area contributed by atoms with E-state index in [1.165, 1.54) is 23.2 Å². The van der Waals surface area contributed by atoms with Gasteiger partial charge in [0.1, 0.15) is 17.2 Å². The standard InChI is InChI=1S/C27H29FN4O4S/c1-27(2,3)36-26(34)32-13-11-18(12-14-32)19-7-5-9-21(15-19)31(4)25(33)30-24-29-17-23(37-24)35-22-10-6-8-20(28)16-22/h5-11,15-17H,12-14H2,1-4H3,(H,29,30,33). The molecule has 0 aliphatic carbocycles. The number of nitrogens with one attached hydrogen (secondary N) is 1. The van der Waals surface area contributed by atoms with Crippen molar-refractivity contribution >= 4 is 39.9 Å². The highest BCUT2D eigenvalue weighted by Gasteiger charge is 2.24. The fraction of sp³-hybridized carbons (Fsp3) is 0.296. The molecule has 3 aromatic rings. The first kappa shape index (κ1) is 26.2. The Morgan fingerprint density at radius 1 is 1.16 bits per heavy atom. The SMILES string of the molecule is CN(C(=O)Nc1ncc(Oc2cccc(F)c2)s1)c1cccc(C2=CCN(C(=O)OC(C)(C)C)CC2)c1. The summed E-state index contributed by atoms with van der Waals surface area (Å²) in [5, 5.41) is 3.55. The van der Waals surface area contributed by atoms with E-state index >= 15 is 0 Å². The Balaban J connectivity index is 1.37. The average molecular weight is 525 g/mol. The lowest BCUT2D eigenvalue weighted by Gasteiger charge is -2.29. The molecule has 0 unspecified atom stereocenters. The quantitative estimate of drug-likeness (QED) is 0.398. The molecular weight excluding hydrogens is 495 g/mol. The van der Waals surface area contributed by atoms with E-state index in [0.717, 1.165) is 22.5 Å². The Kier molecular flexibility index (Phi) is 7.77. The number of hydrogen-bond acceptors (Lipinski definition) is 6. The summed E-state index contributed by atoms with van der Waals surface area (Å²) in [6.07, 6.45) is 3.86. The Bertz CT molecular complexity index is 1320.